The quantitative estimate of drug-likeness (QED) is 0.647. The topological polar surface area (TPSA) is 74.2 Å². The number of carbonyl (C=O) groups excluding carboxylic acids is 1. The Balaban J connectivity index is 1.66. The summed E-state index contributed by atoms with van der Waals surface area (Å²) in [6, 6.07) is 17.1. The molecule has 0 saturated carbocycles. The minimum atomic E-state index is -0.260. The normalized spacial score (nSPS) is 11.9. The first-order chi connectivity index (χ1) is 12.2. The van der Waals surface area contributed by atoms with Gasteiger partial charge in [0.25, 0.3) is 5.91 Å². The predicted octanol–water partition coefficient (Wildman–Crippen LogP) is 2.96. The van der Waals surface area contributed by atoms with Gasteiger partial charge in [-0.15, -0.1) is 0 Å². The second-order valence-corrected chi connectivity index (χ2v) is 5.98. The monoisotopic (exact) mass is 335 g/mol. The number of amides is 1. The number of aromatic nitrogens is 1. The molecule has 0 radical (unpaired) electrons. The highest BCUT2D eigenvalue weighted by molar-refractivity contribution is 5.94. The van der Waals surface area contributed by atoms with Gasteiger partial charge in [0.1, 0.15) is 0 Å². The third-order valence-electron chi connectivity index (χ3n) is 4.00. The number of anilines is 1. The van der Waals surface area contributed by atoms with E-state index in [1.54, 1.807) is 25.3 Å². The number of hydrogen-bond acceptors (Lipinski definition) is 4. The summed E-state index contributed by atoms with van der Waals surface area (Å²) in [7, 11) is 0. The molecule has 5 heteroatoms. The lowest BCUT2D eigenvalue weighted by molar-refractivity contribution is 0.0922. The molecule has 1 atom stereocenters. The van der Waals surface area contributed by atoms with E-state index in [0.717, 1.165) is 22.2 Å². The van der Waals surface area contributed by atoms with Crippen LogP contribution >= 0.6 is 0 Å². The Bertz CT molecular complexity index is 857. The average Bonchev–Trinajstić information content (AvgIpc) is 2.66. The number of rotatable bonds is 6. The predicted molar refractivity (Wildman–Crippen MR) is 99.5 cm³/mol. The van der Waals surface area contributed by atoms with Gasteiger partial charge in [-0.1, -0.05) is 24.3 Å². The largest absolute Gasteiger partial charge is 0.394 e. The van der Waals surface area contributed by atoms with Gasteiger partial charge in [-0.2, -0.15) is 0 Å². The highest BCUT2D eigenvalue weighted by Gasteiger charge is 2.08. The minimum Gasteiger partial charge on any atom is -0.394 e. The van der Waals surface area contributed by atoms with E-state index in [4.69, 9.17) is 5.11 Å². The van der Waals surface area contributed by atoms with Crippen molar-refractivity contribution < 1.29 is 9.90 Å². The van der Waals surface area contributed by atoms with E-state index < -0.39 is 0 Å². The number of aliphatic hydroxyl groups is 1. The van der Waals surface area contributed by atoms with Crippen LogP contribution in [0.5, 0.6) is 0 Å². The zero-order valence-corrected chi connectivity index (χ0v) is 14.1. The minimum absolute atomic E-state index is 0.0789. The van der Waals surface area contributed by atoms with E-state index in [1.165, 1.54) is 0 Å². The number of para-hydroxylation sites is 1. The summed E-state index contributed by atoms with van der Waals surface area (Å²) in [4.78, 5) is 16.5. The summed E-state index contributed by atoms with van der Waals surface area (Å²) in [5.74, 6) is -0.189. The molecular formula is C20H21N3O2. The van der Waals surface area contributed by atoms with Crippen LogP contribution in [0.15, 0.2) is 60.8 Å². The van der Waals surface area contributed by atoms with E-state index >= 15 is 0 Å². The Morgan fingerprint density at radius 3 is 2.64 bits per heavy atom. The van der Waals surface area contributed by atoms with Crippen LogP contribution in [0.2, 0.25) is 0 Å². The molecule has 0 bridgehead atoms. The van der Waals surface area contributed by atoms with Crippen molar-refractivity contribution in [3.63, 3.8) is 0 Å². The van der Waals surface area contributed by atoms with Crippen LogP contribution in [-0.4, -0.2) is 28.6 Å². The highest BCUT2D eigenvalue weighted by atomic mass is 16.3. The van der Waals surface area contributed by atoms with Crippen LogP contribution < -0.4 is 10.6 Å². The third-order valence-corrected chi connectivity index (χ3v) is 4.00. The Hall–Kier alpha value is -2.92. The third kappa shape index (κ3) is 4.14. The summed E-state index contributed by atoms with van der Waals surface area (Å²) in [5.41, 5.74) is 3.61. The Labute approximate surface area is 146 Å². The van der Waals surface area contributed by atoms with Crippen molar-refractivity contribution in [1.82, 2.24) is 10.3 Å². The first-order valence-electron chi connectivity index (χ1n) is 8.25. The molecule has 0 aliphatic rings. The lowest BCUT2D eigenvalue weighted by atomic mass is 10.1. The van der Waals surface area contributed by atoms with Crippen LogP contribution in [-0.2, 0) is 6.54 Å². The molecule has 2 aromatic carbocycles. The number of pyridine rings is 1. The Morgan fingerprint density at radius 1 is 1.12 bits per heavy atom. The molecule has 25 heavy (non-hydrogen) atoms. The highest BCUT2D eigenvalue weighted by Crippen LogP contribution is 2.18. The molecule has 0 aliphatic carbocycles. The summed E-state index contributed by atoms with van der Waals surface area (Å²) in [6.45, 7) is 2.33. The van der Waals surface area contributed by atoms with Crippen molar-refractivity contribution in [2.24, 2.45) is 0 Å². The fourth-order valence-corrected chi connectivity index (χ4v) is 2.60. The molecular weight excluding hydrogens is 314 g/mol. The molecule has 3 aromatic rings. The molecule has 0 spiro atoms. The molecule has 3 rings (SSSR count). The van der Waals surface area contributed by atoms with Crippen molar-refractivity contribution in [3.05, 3.63) is 71.9 Å². The van der Waals surface area contributed by atoms with Crippen molar-refractivity contribution in [3.8, 4) is 0 Å². The Kier molecular flexibility index (Phi) is 5.26. The average molecular weight is 335 g/mol. The van der Waals surface area contributed by atoms with Gasteiger partial charge in [0.05, 0.1) is 12.1 Å². The van der Waals surface area contributed by atoms with Gasteiger partial charge in [0.15, 0.2) is 0 Å². The van der Waals surface area contributed by atoms with Crippen LogP contribution in [0.4, 0.5) is 5.69 Å². The van der Waals surface area contributed by atoms with Gasteiger partial charge in [0, 0.05) is 35.4 Å². The van der Waals surface area contributed by atoms with Gasteiger partial charge < -0.3 is 15.7 Å². The van der Waals surface area contributed by atoms with Crippen LogP contribution in [0.1, 0.15) is 22.8 Å². The molecule has 1 amide bonds. The molecule has 0 fully saturated rings. The van der Waals surface area contributed by atoms with Gasteiger partial charge in [-0.3, -0.25) is 9.78 Å². The standard InChI is InChI=1S/C20H21N3O2/c1-14(13-24)23-20(25)16-7-9-18(10-8-16)22-12-17-5-2-4-15-6-3-11-21-19(15)17/h2-11,14,22,24H,12-13H2,1H3,(H,23,25)/t14-/m0/s1. The lowest BCUT2D eigenvalue weighted by Crippen LogP contribution is -2.34. The van der Waals surface area contributed by atoms with Crippen LogP contribution in [0.25, 0.3) is 10.9 Å². The number of fused-ring (bicyclic) bond motifs is 1. The first kappa shape index (κ1) is 16.9. The molecule has 0 saturated heterocycles. The number of hydrogen-bond donors (Lipinski definition) is 3. The molecule has 128 valence electrons. The number of nitrogens with one attached hydrogen (secondary N) is 2. The number of carbonyl (C=O) groups is 1. The first-order valence-corrected chi connectivity index (χ1v) is 8.25. The van der Waals surface area contributed by atoms with Crippen LogP contribution in [0.3, 0.4) is 0 Å². The van der Waals surface area contributed by atoms with Crippen molar-refractivity contribution in [2.75, 3.05) is 11.9 Å². The van der Waals surface area contributed by atoms with Crippen molar-refractivity contribution in [1.29, 1.82) is 0 Å². The summed E-state index contributed by atoms with van der Waals surface area (Å²) in [6.07, 6.45) is 1.80. The molecule has 1 heterocycles. The van der Waals surface area contributed by atoms with Gasteiger partial charge >= 0.3 is 0 Å². The van der Waals surface area contributed by atoms with Crippen molar-refractivity contribution in [2.45, 2.75) is 19.5 Å². The zero-order valence-electron chi connectivity index (χ0n) is 14.1. The van der Waals surface area contributed by atoms with Gasteiger partial charge in [-0.25, -0.2) is 0 Å². The van der Waals surface area contributed by atoms with E-state index in [0.29, 0.717) is 12.1 Å². The van der Waals surface area contributed by atoms with Gasteiger partial charge in [0.2, 0.25) is 0 Å². The second-order valence-electron chi connectivity index (χ2n) is 5.98. The van der Waals surface area contributed by atoms with E-state index in [2.05, 4.69) is 21.7 Å². The Morgan fingerprint density at radius 2 is 1.88 bits per heavy atom. The maximum absolute atomic E-state index is 12.0. The second kappa shape index (κ2) is 7.77. The summed E-state index contributed by atoms with van der Waals surface area (Å²) < 4.78 is 0. The van der Waals surface area contributed by atoms with E-state index in [1.807, 2.05) is 36.4 Å². The smallest absolute Gasteiger partial charge is 0.251 e. The maximum atomic E-state index is 12.0. The molecule has 1 aromatic heterocycles. The number of aliphatic hydroxyl groups excluding tert-OH is 1. The SMILES string of the molecule is C[C@@H](CO)NC(=O)c1ccc(NCc2cccc3cccnc23)cc1. The van der Waals surface area contributed by atoms with Gasteiger partial charge in [-0.05, 0) is 42.8 Å². The summed E-state index contributed by atoms with van der Waals surface area (Å²) >= 11 is 0. The summed E-state index contributed by atoms with van der Waals surface area (Å²) in [5, 5.41) is 16.2. The molecule has 3 N–H and O–H groups in total. The van der Waals surface area contributed by atoms with E-state index in [9.17, 15) is 4.79 Å². The molecule has 5 nitrogen and oxygen atoms in total. The molecule has 0 unspecified atom stereocenters. The zero-order chi connectivity index (χ0) is 17.6. The molecule has 0 aliphatic heterocycles. The fraction of sp³-hybridized carbons (Fsp3) is 0.200. The maximum Gasteiger partial charge on any atom is 0.251 e. The van der Waals surface area contributed by atoms with Crippen molar-refractivity contribution >= 4 is 22.5 Å². The number of benzene rings is 2. The van der Waals surface area contributed by atoms with E-state index in [-0.39, 0.29) is 18.6 Å². The number of nitrogens with zero attached hydrogens (tertiary/aromatic N) is 1. The fourth-order valence-electron chi connectivity index (χ4n) is 2.60. The van der Waals surface area contributed by atoms with Crippen LogP contribution in [0, 0.1) is 0 Å². The lowest BCUT2D eigenvalue weighted by Gasteiger charge is -2.12.